The van der Waals surface area contributed by atoms with Gasteiger partial charge in [0, 0.05) is 51.0 Å². The van der Waals surface area contributed by atoms with E-state index < -0.39 is 10.2 Å². The fraction of sp³-hybridized carbons (Fsp3) is 0.500. The van der Waals surface area contributed by atoms with Gasteiger partial charge in [-0.25, -0.2) is 0 Å². The van der Waals surface area contributed by atoms with Crippen LogP contribution in [-0.2, 0) is 10.2 Å². The molecule has 3 saturated heterocycles. The molecule has 28 heavy (non-hydrogen) atoms. The van der Waals surface area contributed by atoms with Crippen molar-refractivity contribution < 1.29 is 13.2 Å². The minimum Gasteiger partial charge on any atom is -0.334 e. The van der Waals surface area contributed by atoms with Crippen molar-refractivity contribution in [2.24, 2.45) is 5.92 Å². The van der Waals surface area contributed by atoms with Crippen LogP contribution in [0.1, 0.15) is 23.2 Å². The summed E-state index contributed by atoms with van der Waals surface area (Å²) in [6, 6.07) is 7.23. The van der Waals surface area contributed by atoms with Crippen molar-refractivity contribution in [1.82, 2.24) is 28.3 Å². The van der Waals surface area contributed by atoms with Crippen LogP contribution in [0.2, 0.25) is 0 Å². The van der Waals surface area contributed by atoms with Crippen LogP contribution < -0.4 is 0 Å². The van der Waals surface area contributed by atoms with Gasteiger partial charge in [0.05, 0.1) is 0 Å². The van der Waals surface area contributed by atoms with Gasteiger partial charge in [0.15, 0.2) is 0 Å². The van der Waals surface area contributed by atoms with Gasteiger partial charge in [-0.15, -0.1) is 10.2 Å². The number of benzene rings is 1. The highest BCUT2D eigenvalue weighted by Gasteiger charge is 2.41. The lowest BCUT2D eigenvalue weighted by Gasteiger charge is -2.36. The molecule has 4 heterocycles. The minimum atomic E-state index is -3.49. The number of carbonyl (C=O) groups is 1. The maximum atomic E-state index is 13.3. The highest BCUT2D eigenvalue weighted by Crippen LogP contribution is 2.31. The van der Waals surface area contributed by atoms with E-state index in [1.165, 1.54) is 8.61 Å². The van der Waals surface area contributed by atoms with Gasteiger partial charge in [0.25, 0.3) is 16.1 Å². The fourth-order valence-corrected chi connectivity index (χ4v) is 5.23. The average Bonchev–Trinajstić information content (AvgIpc) is 3.07. The molecule has 1 amide bonds. The standard InChI is InChI=1S/C18H24N6O3S/c1-21(2)28(26,27)23-9-14-6-7-17(11-23)24(10-14)18(25)15-4-3-5-16(8-15)22-12-19-20-13-22/h3-5,8,12-14,17H,6-7,9-11H2,1-2H3/t14-,17+/m0/s1. The average molecular weight is 404 g/mol. The summed E-state index contributed by atoms with van der Waals surface area (Å²) in [6.45, 7) is 1.38. The van der Waals surface area contributed by atoms with Crippen LogP contribution in [0.5, 0.6) is 0 Å². The Morgan fingerprint density at radius 2 is 1.86 bits per heavy atom. The second-order valence-corrected chi connectivity index (χ2v) is 9.72. The number of aromatic nitrogens is 3. The molecule has 10 heteroatoms. The summed E-state index contributed by atoms with van der Waals surface area (Å²) < 4.78 is 29.7. The number of piperidine rings is 1. The molecule has 2 bridgehead atoms. The highest BCUT2D eigenvalue weighted by molar-refractivity contribution is 7.86. The first-order valence-electron chi connectivity index (χ1n) is 9.30. The predicted molar refractivity (Wildman–Crippen MR) is 103 cm³/mol. The van der Waals surface area contributed by atoms with Gasteiger partial charge in [-0.2, -0.15) is 17.0 Å². The largest absolute Gasteiger partial charge is 0.334 e. The third-order valence-corrected chi connectivity index (χ3v) is 7.41. The lowest BCUT2D eigenvalue weighted by Crippen LogP contribution is -2.48. The second kappa shape index (κ2) is 7.26. The van der Waals surface area contributed by atoms with Gasteiger partial charge in [-0.1, -0.05) is 6.07 Å². The molecule has 9 nitrogen and oxygen atoms in total. The van der Waals surface area contributed by atoms with Crippen LogP contribution in [0, 0.1) is 5.92 Å². The summed E-state index contributed by atoms with van der Waals surface area (Å²) in [5, 5.41) is 7.61. The van der Waals surface area contributed by atoms with Crippen molar-refractivity contribution in [2.45, 2.75) is 18.9 Å². The Morgan fingerprint density at radius 1 is 1.11 bits per heavy atom. The molecular formula is C18H24N6O3S. The molecule has 1 aromatic carbocycles. The van der Waals surface area contributed by atoms with Crippen LogP contribution in [0.15, 0.2) is 36.9 Å². The number of carbonyl (C=O) groups excluding carboxylic acids is 1. The van der Waals surface area contributed by atoms with E-state index >= 15 is 0 Å². The van der Waals surface area contributed by atoms with E-state index in [4.69, 9.17) is 0 Å². The lowest BCUT2D eigenvalue weighted by molar-refractivity contribution is 0.0588. The highest BCUT2D eigenvalue weighted by atomic mass is 32.2. The summed E-state index contributed by atoms with van der Waals surface area (Å²) in [4.78, 5) is 15.1. The van der Waals surface area contributed by atoms with Crippen molar-refractivity contribution in [3.05, 3.63) is 42.5 Å². The molecule has 5 rings (SSSR count). The van der Waals surface area contributed by atoms with Gasteiger partial charge < -0.3 is 4.90 Å². The van der Waals surface area contributed by atoms with Gasteiger partial charge in [0.2, 0.25) is 0 Å². The third kappa shape index (κ3) is 3.43. The molecule has 0 saturated carbocycles. The number of hydrogen-bond acceptors (Lipinski definition) is 5. The Kier molecular flexibility index (Phi) is 4.94. The van der Waals surface area contributed by atoms with Crippen molar-refractivity contribution >= 4 is 16.1 Å². The lowest BCUT2D eigenvalue weighted by atomic mass is 9.94. The quantitative estimate of drug-likeness (QED) is 0.745. The Morgan fingerprint density at radius 3 is 2.57 bits per heavy atom. The number of nitrogens with zero attached hydrogens (tertiary/aromatic N) is 6. The van der Waals surface area contributed by atoms with E-state index in [0.29, 0.717) is 25.2 Å². The van der Waals surface area contributed by atoms with Gasteiger partial charge in [-0.05, 0) is 37.0 Å². The molecule has 0 aliphatic carbocycles. The molecule has 0 N–H and O–H groups in total. The first kappa shape index (κ1) is 19.0. The molecule has 3 fully saturated rings. The van der Waals surface area contributed by atoms with Gasteiger partial charge in [0.1, 0.15) is 12.7 Å². The number of amides is 1. The van der Waals surface area contributed by atoms with Crippen molar-refractivity contribution in [1.29, 1.82) is 0 Å². The third-order valence-electron chi connectivity index (χ3n) is 5.54. The zero-order chi connectivity index (χ0) is 19.9. The summed E-state index contributed by atoms with van der Waals surface area (Å²) in [6.07, 6.45) is 4.93. The SMILES string of the molecule is CN(C)S(=O)(=O)N1C[C@@H]2CC[C@H](C1)N(C(=O)c1cccc(-n3cnnc3)c1)C2. The second-order valence-electron chi connectivity index (χ2n) is 7.58. The van der Waals surface area contributed by atoms with E-state index in [1.807, 2.05) is 23.1 Å². The first-order valence-corrected chi connectivity index (χ1v) is 10.7. The van der Waals surface area contributed by atoms with Gasteiger partial charge in [-0.3, -0.25) is 9.36 Å². The van der Waals surface area contributed by atoms with Crippen LogP contribution in [-0.4, -0.2) is 82.4 Å². The van der Waals surface area contributed by atoms with Crippen LogP contribution in [0.4, 0.5) is 0 Å². The smallest absolute Gasteiger partial charge is 0.281 e. The Bertz CT molecular complexity index is 959. The minimum absolute atomic E-state index is 0.0614. The Hall–Kier alpha value is -2.30. The first-order chi connectivity index (χ1) is 13.4. The Labute approximate surface area is 164 Å². The molecule has 0 radical (unpaired) electrons. The topological polar surface area (TPSA) is 91.6 Å². The normalized spacial score (nSPS) is 23.2. The van der Waals surface area contributed by atoms with Crippen LogP contribution in [0.25, 0.3) is 5.69 Å². The fourth-order valence-electron chi connectivity index (χ4n) is 4.01. The maximum Gasteiger partial charge on any atom is 0.281 e. The molecule has 0 unspecified atom stereocenters. The summed E-state index contributed by atoms with van der Waals surface area (Å²) in [5.74, 6) is 0.0900. The molecule has 3 aliphatic rings. The number of rotatable bonds is 4. The summed E-state index contributed by atoms with van der Waals surface area (Å²) in [7, 11) is -0.401. The molecule has 150 valence electrons. The van der Waals surface area contributed by atoms with Crippen molar-refractivity contribution in [2.75, 3.05) is 33.7 Å². The van der Waals surface area contributed by atoms with Crippen molar-refractivity contribution in [3.63, 3.8) is 0 Å². The molecule has 1 aromatic heterocycles. The maximum absolute atomic E-state index is 13.3. The van der Waals surface area contributed by atoms with Crippen LogP contribution in [0.3, 0.4) is 0 Å². The summed E-state index contributed by atoms with van der Waals surface area (Å²) in [5.41, 5.74) is 1.40. The van der Waals surface area contributed by atoms with E-state index in [9.17, 15) is 13.2 Å². The molecule has 2 atom stereocenters. The predicted octanol–water partition coefficient (Wildman–Crippen LogP) is 0.610. The molecule has 2 aromatic rings. The monoisotopic (exact) mass is 404 g/mol. The van der Waals surface area contributed by atoms with E-state index in [1.54, 1.807) is 37.4 Å². The number of hydrogen-bond donors (Lipinski definition) is 0. The zero-order valence-corrected chi connectivity index (χ0v) is 16.8. The van der Waals surface area contributed by atoms with Crippen LogP contribution >= 0.6 is 0 Å². The van der Waals surface area contributed by atoms with E-state index in [-0.39, 0.29) is 17.9 Å². The molecule has 0 spiro atoms. The molecule has 3 aliphatic heterocycles. The molecular weight excluding hydrogens is 380 g/mol. The van der Waals surface area contributed by atoms with E-state index in [2.05, 4.69) is 10.2 Å². The van der Waals surface area contributed by atoms with E-state index in [0.717, 1.165) is 18.5 Å². The summed E-state index contributed by atoms with van der Waals surface area (Å²) >= 11 is 0. The Balaban J connectivity index is 1.59. The number of fused-ring (bicyclic) bond motifs is 4. The van der Waals surface area contributed by atoms with Crippen molar-refractivity contribution in [3.8, 4) is 5.69 Å². The zero-order valence-electron chi connectivity index (χ0n) is 16.0. The van der Waals surface area contributed by atoms with Gasteiger partial charge >= 0.3 is 0 Å².